The zero-order chi connectivity index (χ0) is 12.1. The van der Waals surface area contributed by atoms with Crippen molar-refractivity contribution in [3.05, 3.63) is 29.1 Å². The first-order valence-electron chi connectivity index (χ1n) is 4.59. The highest BCUT2D eigenvalue weighted by Crippen LogP contribution is 2.20. The lowest BCUT2D eigenvalue weighted by Crippen LogP contribution is -2.07. The van der Waals surface area contributed by atoms with E-state index in [4.69, 9.17) is 5.26 Å². The predicted octanol–water partition coefficient (Wildman–Crippen LogP) is 1.86. The molecule has 1 rings (SSSR count). The molecule has 0 unspecified atom stereocenters. The van der Waals surface area contributed by atoms with E-state index in [2.05, 4.69) is 10.1 Å². The van der Waals surface area contributed by atoms with Gasteiger partial charge in [0.15, 0.2) is 0 Å². The minimum atomic E-state index is -0.612. The molecule has 0 saturated carbocycles. The zero-order valence-corrected chi connectivity index (χ0v) is 9.00. The molecule has 0 saturated heterocycles. The number of benzene rings is 1. The van der Waals surface area contributed by atoms with Crippen LogP contribution in [0.25, 0.3) is 0 Å². The average molecular weight is 222 g/mol. The Morgan fingerprint density at radius 1 is 1.62 bits per heavy atom. The molecule has 0 bridgehead atoms. The topological polar surface area (TPSA) is 62.1 Å². The van der Waals surface area contributed by atoms with E-state index in [9.17, 15) is 9.18 Å². The van der Waals surface area contributed by atoms with Crippen molar-refractivity contribution in [2.24, 2.45) is 0 Å². The lowest BCUT2D eigenvalue weighted by Gasteiger charge is -2.09. The van der Waals surface area contributed by atoms with Crippen LogP contribution in [-0.2, 0) is 4.74 Å². The number of hydrogen-bond acceptors (Lipinski definition) is 4. The third-order valence-electron chi connectivity index (χ3n) is 2.12. The van der Waals surface area contributed by atoms with E-state index in [0.29, 0.717) is 11.3 Å². The molecule has 0 aliphatic carbocycles. The molecule has 5 heteroatoms. The summed E-state index contributed by atoms with van der Waals surface area (Å²) in [4.78, 5) is 11.2. The van der Waals surface area contributed by atoms with Crippen LogP contribution in [-0.4, -0.2) is 19.6 Å². The quantitative estimate of drug-likeness (QED) is 0.626. The van der Waals surface area contributed by atoms with Gasteiger partial charge in [0.2, 0.25) is 0 Å². The van der Waals surface area contributed by atoms with Crippen molar-refractivity contribution in [2.75, 3.05) is 19.0 Å². The molecule has 0 aromatic heterocycles. The second kappa shape index (κ2) is 5.12. The Balaban J connectivity index is 3.12. The molecule has 84 valence electrons. The van der Waals surface area contributed by atoms with Gasteiger partial charge < -0.3 is 10.1 Å². The molecule has 0 amide bonds. The molecule has 0 radical (unpaired) electrons. The van der Waals surface area contributed by atoms with E-state index < -0.39 is 11.8 Å². The second-order valence-corrected chi connectivity index (χ2v) is 3.13. The molecular formula is C11H11FN2O2. The number of ether oxygens (including phenoxy) is 1. The first-order chi connectivity index (χ1) is 7.60. The minimum Gasteiger partial charge on any atom is -0.465 e. The van der Waals surface area contributed by atoms with Gasteiger partial charge in [-0.2, -0.15) is 5.26 Å². The molecule has 1 N–H and O–H groups in total. The number of hydrogen-bond donors (Lipinski definition) is 1. The zero-order valence-electron chi connectivity index (χ0n) is 9.00. The van der Waals surface area contributed by atoms with E-state index in [-0.39, 0.29) is 12.1 Å². The van der Waals surface area contributed by atoms with Gasteiger partial charge in [0.05, 0.1) is 18.7 Å². The van der Waals surface area contributed by atoms with Crippen molar-refractivity contribution in [3.63, 3.8) is 0 Å². The van der Waals surface area contributed by atoms with Crippen LogP contribution in [0.15, 0.2) is 12.1 Å². The maximum atomic E-state index is 13.4. The van der Waals surface area contributed by atoms with E-state index in [1.165, 1.54) is 13.2 Å². The van der Waals surface area contributed by atoms with Crippen LogP contribution in [0.5, 0.6) is 0 Å². The Morgan fingerprint density at radius 2 is 2.31 bits per heavy atom. The van der Waals surface area contributed by atoms with E-state index >= 15 is 0 Å². The number of nitrogens with one attached hydrogen (secondary N) is 1. The SMILES string of the molecule is COC(=O)c1cc(F)c(C)c(NCC#N)c1. The second-order valence-electron chi connectivity index (χ2n) is 3.13. The summed E-state index contributed by atoms with van der Waals surface area (Å²) in [6, 6.07) is 4.45. The number of carbonyl (C=O) groups is 1. The third-order valence-corrected chi connectivity index (χ3v) is 2.12. The van der Waals surface area contributed by atoms with Crippen LogP contribution in [0.4, 0.5) is 10.1 Å². The first-order valence-corrected chi connectivity index (χ1v) is 4.59. The van der Waals surface area contributed by atoms with Crippen molar-refractivity contribution in [3.8, 4) is 6.07 Å². The van der Waals surface area contributed by atoms with Gasteiger partial charge in [-0.15, -0.1) is 0 Å². The fraction of sp³-hybridized carbons (Fsp3) is 0.273. The molecule has 4 nitrogen and oxygen atoms in total. The van der Waals surface area contributed by atoms with Crippen LogP contribution < -0.4 is 5.32 Å². The first kappa shape index (κ1) is 12.0. The summed E-state index contributed by atoms with van der Waals surface area (Å²) < 4.78 is 17.9. The van der Waals surface area contributed by atoms with Crippen LogP contribution in [0.1, 0.15) is 15.9 Å². The summed E-state index contributed by atoms with van der Waals surface area (Å²) in [6.07, 6.45) is 0. The molecule has 0 spiro atoms. The lowest BCUT2D eigenvalue weighted by atomic mass is 10.1. The molecule has 0 aliphatic rings. The summed E-state index contributed by atoms with van der Waals surface area (Å²) in [5.41, 5.74) is 0.899. The molecule has 1 aromatic carbocycles. The molecular weight excluding hydrogens is 211 g/mol. The molecule has 0 heterocycles. The fourth-order valence-corrected chi connectivity index (χ4v) is 1.23. The number of carbonyl (C=O) groups excluding carboxylic acids is 1. The maximum absolute atomic E-state index is 13.4. The lowest BCUT2D eigenvalue weighted by molar-refractivity contribution is 0.0600. The predicted molar refractivity (Wildman–Crippen MR) is 56.6 cm³/mol. The largest absolute Gasteiger partial charge is 0.465 e. The Hall–Kier alpha value is -2.09. The van der Waals surface area contributed by atoms with Crippen molar-refractivity contribution >= 4 is 11.7 Å². The van der Waals surface area contributed by atoms with Gasteiger partial charge in [-0.1, -0.05) is 0 Å². The molecule has 0 atom stereocenters. The average Bonchev–Trinajstić information content (AvgIpc) is 2.29. The number of esters is 1. The Kier molecular flexibility index (Phi) is 3.84. The molecule has 16 heavy (non-hydrogen) atoms. The summed E-state index contributed by atoms with van der Waals surface area (Å²) in [6.45, 7) is 1.61. The van der Waals surface area contributed by atoms with Crippen LogP contribution in [0.2, 0.25) is 0 Å². The highest BCUT2D eigenvalue weighted by atomic mass is 19.1. The van der Waals surface area contributed by atoms with Crippen LogP contribution in [0, 0.1) is 24.1 Å². The maximum Gasteiger partial charge on any atom is 0.338 e. The van der Waals surface area contributed by atoms with E-state index in [0.717, 1.165) is 6.07 Å². The van der Waals surface area contributed by atoms with Gasteiger partial charge in [0.1, 0.15) is 12.4 Å². The standard InChI is InChI=1S/C11H11FN2O2/c1-7-9(12)5-8(11(15)16-2)6-10(7)14-4-3-13/h5-6,14H,4H2,1-2H3. The van der Waals surface area contributed by atoms with Gasteiger partial charge in [0.25, 0.3) is 0 Å². The number of anilines is 1. The third kappa shape index (κ3) is 2.48. The van der Waals surface area contributed by atoms with Crippen molar-refractivity contribution < 1.29 is 13.9 Å². The normalized spacial score (nSPS) is 9.38. The summed E-state index contributed by atoms with van der Waals surface area (Å²) in [7, 11) is 1.22. The molecule has 1 aromatic rings. The summed E-state index contributed by atoms with van der Waals surface area (Å²) >= 11 is 0. The number of nitrogens with zero attached hydrogens (tertiary/aromatic N) is 1. The highest BCUT2D eigenvalue weighted by molar-refractivity contribution is 5.90. The van der Waals surface area contributed by atoms with Crippen LogP contribution >= 0.6 is 0 Å². The fourth-order valence-electron chi connectivity index (χ4n) is 1.23. The van der Waals surface area contributed by atoms with Gasteiger partial charge >= 0.3 is 5.97 Å². The highest BCUT2D eigenvalue weighted by Gasteiger charge is 2.12. The molecule has 0 aliphatic heterocycles. The summed E-state index contributed by atoms with van der Waals surface area (Å²) in [5, 5.41) is 11.1. The number of rotatable bonds is 3. The Labute approximate surface area is 92.6 Å². The molecule has 0 fully saturated rings. The van der Waals surface area contributed by atoms with Crippen molar-refractivity contribution in [2.45, 2.75) is 6.92 Å². The Bertz CT molecular complexity index is 452. The van der Waals surface area contributed by atoms with Crippen molar-refractivity contribution in [1.82, 2.24) is 0 Å². The van der Waals surface area contributed by atoms with Gasteiger partial charge in [-0.25, -0.2) is 9.18 Å². The number of methoxy groups -OCH3 is 1. The summed E-state index contributed by atoms with van der Waals surface area (Å²) in [5.74, 6) is -1.12. The Morgan fingerprint density at radius 3 is 2.88 bits per heavy atom. The smallest absolute Gasteiger partial charge is 0.338 e. The number of nitriles is 1. The van der Waals surface area contributed by atoms with E-state index in [1.807, 2.05) is 6.07 Å². The van der Waals surface area contributed by atoms with E-state index in [1.54, 1.807) is 6.92 Å². The van der Waals surface area contributed by atoms with Gasteiger partial charge in [0, 0.05) is 11.3 Å². The number of halogens is 1. The monoisotopic (exact) mass is 222 g/mol. The van der Waals surface area contributed by atoms with Gasteiger partial charge in [-0.3, -0.25) is 0 Å². The van der Waals surface area contributed by atoms with Gasteiger partial charge in [-0.05, 0) is 19.1 Å². The van der Waals surface area contributed by atoms with Crippen LogP contribution in [0.3, 0.4) is 0 Å². The minimum absolute atomic E-state index is 0.0465. The van der Waals surface area contributed by atoms with Crippen molar-refractivity contribution in [1.29, 1.82) is 5.26 Å².